The molecule has 3 nitrogen and oxygen atoms in total. The van der Waals surface area contributed by atoms with Crippen LogP contribution in [0.5, 0.6) is 0 Å². The highest BCUT2D eigenvalue weighted by atomic mass is 32.1. The second kappa shape index (κ2) is 5.41. The molecule has 0 saturated carbocycles. The van der Waals surface area contributed by atoms with Gasteiger partial charge in [-0.1, -0.05) is 40.7 Å². The van der Waals surface area contributed by atoms with Crippen molar-refractivity contribution in [2.45, 2.75) is 46.1 Å². The molecule has 0 bridgehead atoms. The van der Waals surface area contributed by atoms with E-state index in [2.05, 4.69) is 30.6 Å². The predicted molar refractivity (Wildman–Crippen MR) is 77.8 cm³/mol. The van der Waals surface area contributed by atoms with Crippen LogP contribution in [0.4, 0.5) is 0 Å². The monoisotopic (exact) mass is 268 g/mol. The van der Waals surface area contributed by atoms with Crippen LogP contribution in [0.1, 0.15) is 39.5 Å². The highest BCUT2D eigenvalue weighted by Gasteiger charge is 2.29. The zero-order chi connectivity index (χ0) is 14.0. The van der Waals surface area contributed by atoms with Gasteiger partial charge in [0.05, 0.1) is 6.04 Å². The molecule has 1 aromatic heterocycles. The summed E-state index contributed by atoms with van der Waals surface area (Å²) < 4.78 is 0. The number of rotatable bonds is 4. The normalized spacial score (nSPS) is 14.3. The third kappa shape index (κ3) is 3.82. The maximum atomic E-state index is 12.0. The minimum absolute atomic E-state index is 0.0541. The van der Waals surface area contributed by atoms with Crippen LogP contribution in [0, 0.1) is 5.41 Å². The fourth-order valence-corrected chi connectivity index (χ4v) is 2.41. The molecule has 0 aliphatic rings. The van der Waals surface area contributed by atoms with Gasteiger partial charge in [0.15, 0.2) is 0 Å². The third-order valence-electron chi connectivity index (χ3n) is 3.11. The highest BCUT2D eigenvalue weighted by Crippen LogP contribution is 2.26. The second-order valence-corrected chi connectivity index (χ2v) is 7.37. The van der Waals surface area contributed by atoms with Gasteiger partial charge in [0.1, 0.15) is 0 Å². The van der Waals surface area contributed by atoms with E-state index in [1.807, 2.05) is 26.8 Å². The molecule has 1 rings (SSSR count). The SMILES string of the molecule is CC(C)(CNC(=O)[C@H](N)C(C)(C)C)c1cccs1. The molecule has 0 radical (unpaired) electrons. The lowest BCUT2D eigenvalue weighted by atomic mass is 9.86. The Hall–Kier alpha value is -0.870. The van der Waals surface area contributed by atoms with E-state index < -0.39 is 6.04 Å². The van der Waals surface area contributed by atoms with Crippen LogP contribution < -0.4 is 11.1 Å². The Morgan fingerprint density at radius 2 is 2.00 bits per heavy atom. The number of nitrogens with one attached hydrogen (secondary N) is 1. The summed E-state index contributed by atoms with van der Waals surface area (Å²) in [6, 6.07) is 3.65. The van der Waals surface area contributed by atoms with Crippen molar-refractivity contribution in [2.75, 3.05) is 6.54 Å². The molecule has 1 heterocycles. The van der Waals surface area contributed by atoms with E-state index in [1.165, 1.54) is 4.88 Å². The summed E-state index contributed by atoms with van der Waals surface area (Å²) in [5, 5.41) is 5.02. The first-order valence-electron chi connectivity index (χ1n) is 6.22. The van der Waals surface area contributed by atoms with Crippen molar-refractivity contribution in [3.63, 3.8) is 0 Å². The van der Waals surface area contributed by atoms with Gasteiger partial charge in [0.2, 0.25) is 5.91 Å². The predicted octanol–water partition coefficient (Wildman–Crippen LogP) is 2.52. The molecule has 3 N–H and O–H groups in total. The molecular formula is C14H24N2OS. The van der Waals surface area contributed by atoms with E-state index in [4.69, 9.17) is 5.73 Å². The van der Waals surface area contributed by atoms with Gasteiger partial charge in [-0.3, -0.25) is 4.79 Å². The Morgan fingerprint density at radius 3 is 2.44 bits per heavy atom. The lowest BCUT2D eigenvalue weighted by Gasteiger charge is -2.29. The molecule has 1 atom stereocenters. The number of hydrogen-bond acceptors (Lipinski definition) is 3. The number of nitrogens with two attached hydrogens (primary N) is 1. The average Bonchev–Trinajstić information content (AvgIpc) is 2.77. The molecule has 0 unspecified atom stereocenters. The number of amides is 1. The first-order valence-corrected chi connectivity index (χ1v) is 7.10. The molecule has 0 saturated heterocycles. The van der Waals surface area contributed by atoms with Gasteiger partial charge in [-0.05, 0) is 16.9 Å². The van der Waals surface area contributed by atoms with E-state index in [1.54, 1.807) is 11.3 Å². The summed E-state index contributed by atoms with van der Waals surface area (Å²) in [5.74, 6) is -0.0767. The summed E-state index contributed by atoms with van der Waals surface area (Å²) in [6.07, 6.45) is 0. The van der Waals surface area contributed by atoms with Gasteiger partial charge >= 0.3 is 0 Å². The van der Waals surface area contributed by atoms with Crippen LogP contribution in [-0.2, 0) is 10.2 Å². The van der Waals surface area contributed by atoms with Crippen molar-refractivity contribution in [3.05, 3.63) is 22.4 Å². The van der Waals surface area contributed by atoms with Gasteiger partial charge in [-0.25, -0.2) is 0 Å². The summed E-state index contributed by atoms with van der Waals surface area (Å²) in [7, 11) is 0. The van der Waals surface area contributed by atoms with Crippen molar-refractivity contribution in [1.29, 1.82) is 0 Å². The molecule has 0 fully saturated rings. The number of hydrogen-bond donors (Lipinski definition) is 2. The van der Waals surface area contributed by atoms with Gasteiger partial charge in [-0.2, -0.15) is 0 Å². The summed E-state index contributed by atoms with van der Waals surface area (Å²) >= 11 is 1.71. The van der Waals surface area contributed by atoms with Crippen LogP contribution in [0.3, 0.4) is 0 Å². The van der Waals surface area contributed by atoms with Crippen molar-refractivity contribution in [3.8, 4) is 0 Å². The van der Waals surface area contributed by atoms with E-state index in [9.17, 15) is 4.79 Å². The van der Waals surface area contributed by atoms with E-state index in [-0.39, 0.29) is 16.7 Å². The van der Waals surface area contributed by atoms with Crippen LogP contribution in [-0.4, -0.2) is 18.5 Å². The number of carbonyl (C=O) groups excluding carboxylic acids is 1. The van der Waals surface area contributed by atoms with Crippen LogP contribution >= 0.6 is 11.3 Å². The molecule has 0 aliphatic heterocycles. The minimum Gasteiger partial charge on any atom is -0.354 e. The lowest BCUT2D eigenvalue weighted by molar-refractivity contribution is -0.124. The van der Waals surface area contributed by atoms with E-state index in [0.717, 1.165) is 0 Å². The fraction of sp³-hybridized carbons (Fsp3) is 0.643. The zero-order valence-corrected chi connectivity index (χ0v) is 12.7. The summed E-state index contributed by atoms with van der Waals surface area (Å²) in [5.41, 5.74) is 5.67. The van der Waals surface area contributed by atoms with Crippen molar-refractivity contribution >= 4 is 17.2 Å². The Kier molecular flexibility index (Phi) is 4.56. The molecular weight excluding hydrogens is 244 g/mol. The highest BCUT2D eigenvalue weighted by molar-refractivity contribution is 7.10. The molecule has 1 aromatic rings. The van der Waals surface area contributed by atoms with Crippen molar-refractivity contribution in [1.82, 2.24) is 5.32 Å². The zero-order valence-electron chi connectivity index (χ0n) is 11.9. The van der Waals surface area contributed by atoms with Gasteiger partial charge in [0.25, 0.3) is 0 Å². The molecule has 0 aliphatic carbocycles. The first-order chi connectivity index (χ1) is 8.14. The molecule has 102 valence electrons. The maximum Gasteiger partial charge on any atom is 0.237 e. The topological polar surface area (TPSA) is 55.1 Å². The first kappa shape index (κ1) is 15.2. The Bertz CT molecular complexity index is 390. The Balaban J connectivity index is 2.58. The van der Waals surface area contributed by atoms with Crippen molar-refractivity contribution in [2.24, 2.45) is 11.1 Å². The van der Waals surface area contributed by atoms with Crippen LogP contribution in [0.15, 0.2) is 17.5 Å². The van der Waals surface area contributed by atoms with Crippen LogP contribution in [0.2, 0.25) is 0 Å². The molecule has 0 aromatic carbocycles. The second-order valence-electron chi connectivity index (χ2n) is 6.42. The summed E-state index contributed by atoms with van der Waals surface area (Å²) in [6.45, 7) is 10.8. The fourth-order valence-electron chi connectivity index (χ4n) is 1.56. The third-order valence-corrected chi connectivity index (χ3v) is 4.34. The molecule has 4 heteroatoms. The summed E-state index contributed by atoms with van der Waals surface area (Å²) in [4.78, 5) is 13.2. The molecule has 0 spiro atoms. The average molecular weight is 268 g/mol. The van der Waals surface area contributed by atoms with Gasteiger partial charge < -0.3 is 11.1 Å². The number of carbonyl (C=O) groups is 1. The molecule has 1 amide bonds. The van der Waals surface area contributed by atoms with Crippen LogP contribution in [0.25, 0.3) is 0 Å². The molecule has 18 heavy (non-hydrogen) atoms. The Morgan fingerprint density at radius 1 is 1.39 bits per heavy atom. The maximum absolute atomic E-state index is 12.0. The van der Waals surface area contributed by atoms with E-state index in [0.29, 0.717) is 6.54 Å². The standard InChI is InChI=1S/C14H24N2OS/c1-13(2,3)11(15)12(17)16-9-14(4,5)10-7-6-8-18-10/h6-8,11H,9,15H2,1-5H3,(H,16,17)/t11-/m0/s1. The van der Waals surface area contributed by atoms with E-state index >= 15 is 0 Å². The Labute approximate surface area is 114 Å². The lowest BCUT2D eigenvalue weighted by Crippen LogP contribution is -2.50. The largest absolute Gasteiger partial charge is 0.354 e. The quantitative estimate of drug-likeness (QED) is 0.881. The number of thiophene rings is 1. The van der Waals surface area contributed by atoms with Crippen molar-refractivity contribution < 1.29 is 4.79 Å². The van der Waals surface area contributed by atoms with Gasteiger partial charge in [-0.15, -0.1) is 11.3 Å². The minimum atomic E-state index is -0.475. The smallest absolute Gasteiger partial charge is 0.237 e. The van der Waals surface area contributed by atoms with Gasteiger partial charge in [0, 0.05) is 16.8 Å².